The monoisotopic (exact) mass is 663 g/mol. The largest absolute Gasteiger partial charge is 1.00 e. The van der Waals surface area contributed by atoms with E-state index in [-0.39, 0.29) is 36.6 Å². The number of carboxylic acids is 2. The van der Waals surface area contributed by atoms with Gasteiger partial charge in [-0.1, -0.05) is 206 Å². The van der Waals surface area contributed by atoms with E-state index in [9.17, 15) is 9.59 Å². The van der Waals surface area contributed by atoms with Crippen molar-refractivity contribution in [1.82, 2.24) is 0 Å². The van der Waals surface area contributed by atoms with Crippen LogP contribution in [0, 0.1) is 0 Å². The molecule has 0 aromatic rings. The Kier molecular flexibility index (Phi) is 48.5. The first-order valence-corrected chi connectivity index (χ1v) is 19.8. The van der Waals surface area contributed by atoms with Crippen LogP contribution in [0.5, 0.6) is 0 Å². The summed E-state index contributed by atoms with van der Waals surface area (Å²) in [7, 11) is 0. The van der Waals surface area contributed by atoms with Crippen LogP contribution in [-0.2, 0) is 9.59 Å². The summed E-state index contributed by atoms with van der Waals surface area (Å²) in [5, 5.41) is 26.2. The molecule has 5 nitrogen and oxygen atoms in total. The number of hydrogen-bond acceptors (Lipinski definition) is 3. The first-order chi connectivity index (χ1) is 22.0. The van der Waals surface area contributed by atoms with Gasteiger partial charge in [0, 0.05) is 18.3 Å². The second kappa shape index (κ2) is 44.6. The fraction of sp³-hybridized carbons (Fsp3) is 0.900. The quantitative estimate of drug-likeness (QED) is 0.0357. The molecule has 0 saturated carbocycles. The maximum Gasteiger partial charge on any atom is 1.00 e. The van der Waals surface area contributed by atoms with Crippen molar-refractivity contribution < 1.29 is 55.9 Å². The minimum Gasteiger partial charge on any atom is -1.00 e. The molecular weight excluding hydrogens is 583 g/mol. The van der Waals surface area contributed by atoms with Crippen molar-refractivity contribution in [3.8, 4) is 0 Å². The number of carboxylic acid groups (broad SMARTS) is 2. The number of rotatable bonds is 35. The number of carbonyl (C=O) groups is 2. The fourth-order valence-electron chi connectivity index (χ4n) is 5.91. The predicted octanol–water partition coefficient (Wildman–Crippen LogP) is 10.1. The number of aliphatic hydroxyl groups is 1. The molecule has 0 atom stereocenters. The van der Waals surface area contributed by atoms with Crippen LogP contribution in [-0.4, -0.2) is 33.9 Å². The van der Waals surface area contributed by atoms with E-state index >= 15 is 0 Å². The molecule has 0 radical (unpaired) electrons. The van der Waals surface area contributed by atoms with Crippen LogP contribution in [0.3, 0.4) is 0 Å². The Labute approximate surface area is 310 Å². The Bertz CT molecular complexity index is 628. The van der Waals surface area contributed by atoms with E-state index in [4.69, 9.17) is 15.3 Å². The van der Waals surface area contributed by atoms with Gasteiger partial charge in [0.05, 0.1) is 0 Å². The second-order valence-electron chi connectivity index (χ2n) is 13.4. The molecule has 6 heteroatoms. The van der Waals surface area contributed by atoms with Crippen LogP contribution in [0.4, 0.5) is 0 Å². The van der Waals surface area contributed by atoms with Gasteiger partial charge in [-0.25, -0.2) is 9.59 Å². The van der Waals surface area contributed by atoms with Gasteiger partial charge in [0.1, 0.15) is 0 Å². The molecule has 0 aliphatic heterocycles. The maximum absolute atomic E-state index is 10.9. The molecule has 0 aromatic carbocycles. The average Bonchev–Trinajstić information content (AvgIpc) is 3.02. The summed E-state index contributed by atoms with van der Waals surface area (Å²) in [6, 6.07) is 0. The standard InChI is InChI=1S/C22H40O4.C18H38O.Na.H/c1-2-3-4-5-6-7-8-9-10-11-12-13-14-15-16-17-18-20(22(25)26)19-21(23)24;1-2-3-4-5-6-7-8-9-10-11-12-13-14-15-16-17-18-19;;/h19H,2-18H2,1H3,(H,23,24)(H,25,26);19H,2-18H2,1H3;;/q;;+1;-1. The molecule has 0 aliphatic carbocycles. The summed E-state index contributed by atoms with van der Waals surface area (Å²) < 4.78 is 0. The normalized spacial score (nSPS) is 11.2. The van der Waals surface area contributed by atoms with Gasteiger partial charge < -0.3 is 16.7 Å². The zero-order chi connectivity index (χ0) is 33.5. The van der Waals surface area contributed by atoms with E-state index in [2.05, 4.69) is 13.8 Å². The van der Waals surface area contributed by atoms with Crippen LogP contribution >= 0.6 is 0 Å². The molecule has 0 aliphatic rings. The van der Waals surface area contributed by atoms with E-state index < -0.39 is 11.9 Å². The minimum atomic E-state index is -1.18. The molecule has 0 bridgehead atoms. The summed E-state index contributed by atoms with van der Waals surface area (Å²) in [5.41, 5.74) is 0.00265. The van der Waals surface area contributed by atoms with Crippen LogP contribution in [0.25, 0.3) is 0 Å². The summed E-state index contributed by atoms with van der Waals surface area (Å²) >= 11 is 0. The number of aliphatic hydroxyl groups excluding tert-OH is 1. The molecule has 0 spiro atoms. The summed E-state index contributed by atoms with van der Waals surface area (Å²) in [5.74, 6) is -2.30. The second-order valence-corrected chi connectivity index (χ2v) is 13.4. The Morgan fingerprint density at radius 1 is 0.435 bits per heavy atom. The van der Waals surface area contributed by atoms with Crippen molar-refractivity contribution in [1.29, 1.82) is 0 Å². The van der Waals surface area contributed by atoms with E-state index in [0.29, 0.717) is 13.0 Å². The van der Waals surface area contributed by atoms with Gasteiger partial charge in [0.25, 0.3) is 0 Å². The average molecular weight is 663 g/mol. The molecule has 46 heavy (non-hydrogen) atoms. The first kappa shape index (κ1) is 50.0. The van der Waals surface area contributed by atoms with Gasteiger partial charge >= 0.3 is 41.5 Å². The molecule has 0 fully saturated rings. The van der Waals surface area contributed by atoms with Gasteiger partial charge in [0.2, 0.25) is 0 Å². The maximum atomic E-state index is 10.9. The predicted molar refractivity (Wildman–Crippen MR) is 195 cm³/mol. The third kappa shape index (κ3) is 45.8. The number of hydrogen-bond donors (Lipinski definition) is 3. The van der Waals surface area contributed by atoms with Crippen molar-refractivity contribution in [3.05, 3.63) is 11.6 Å². The molecule has 0 unspecified atom stereocenters. The van der Waals surface area contributed by atoms with Crippen LogP contribution in [0.1, 0.15) is 227 Å². The van der Waals surface area contributed by atoms with E-state index in [1.54, 1.807) is 0 Å². The van der Waals surface area contributed by atoms with Gasteiger partial charge in [-0.05, 0) is 19.3 Å². The molecule has 0 saturated heterocycles. The zero-order valence-corrected chi connectivity index (χ0v) is 33.3. The topological polar surface area (TPSA) is 94.8 Å². The van der Waals surface area contributed by atoms with Gasteiger partial charge in [-0.3, -0.25) is 0 Å². The Morgan fingerprint density at radius 2 is 0.674 bits per heavy atom. The summed E-state index contributed by atoms with van der Waals surface area (Å²) in [6.45, 7) is 4.92. The molecule has 0 aromatic heterocycles. The van der Waals surface area contributed by atoms with Gasteiger partial charge in [-0.2, -0.15) is 0 Å². The van der Waals surface area contributed by atoms with Crippen LogP contribution < -0.4 is 29.6 Å². The number of aliphatic carboxylic acids is 2. The number of unbranched alkanes of at least 4 members (excludes halogenated alkanes) is 30. The third-order valence-electron chi connectivity index (χ3n) is 8.88. The molecule has 0 rings (SSSR count). The van der Waals surface area contributed by atoms with E-state index in [0.717, 1.165) is 31.8 Å². The Balaban J connectivity index is -0.000000394. The Morgan fingerprint density at radius 3 is 0.891 bits per heavy atom. The molecule has 0 amide bonds. The molecular formula is C40H79NaO5. The van der Waals surface area contributed by atoms with Crippen LogP contribution in [0.15, 0.2) is 11.6 Å². The first-order valence-electron chi connectivity index (χ1n) is 19.8. The summed E-state index contributed by atoms with van der Waals surface area (Å²) in [6.07, 6.45) is 43.7. The van der Waals surface area contributed by atoms with Gasteiger partial charge in [0.15, 0.2) is 0 Å². The Hall–Kier alpha value is -0.360. The van der Waals surface area contributed by atoms with E-state index in [1.165, 1.54) is 180 Å². The van der Waals surface area contributed by atoms with Crippen molar-refractivity contribution in [2.45, 2.75) is 226 Å². The smallest absolute Gasteiger partial charge is 1.00 e. The van der Waals surface area contributed by atoms with Crippen molar-refractivity contribution in [2.75, 3.05) is 6.61 Å². The molecule has 3 N–H and O–H groups in total. The van der Waals surface area contributed by atoms with Crippen molar-refractivity contribution in [3.63, 3.8) is 0 Å². The SMILES string of the molecule is CCCCCCCCCCCCCCCCCCC(=CC(=O)O)C(=O)O.CCCCCCCCCCCCCCCCCCO.[H-].[Na+]. The van der Waals surface area contributed by atoms with Crippen molar-refractivity contribution in [2.24, 2.45) is 0 Å². The van der Waals surface area contributed by atoms with Gasteiger partial charge in [-0.15, -0.1) is 0 Å². The van der Waals surface area contributed by atoms with Crippen LogP contribution in [0.2, 0.25) is 0 Å². The molecule has 270 valence electrons. The third-order valence-corrected chi connectivity index (χ3v) is 8.88. The molecule has 0 heterocycles. The zero-order valence-electron chi connectivity index (χ0n) is 32.3. The fourth-order valence-corrected chi connectivity index (χ4v) is 5.91. The summed E-state index contributed by atoms with van der Waals surface area (Å²) in [4.78, 5) is 21.4. The van der Waals surface area contributed by atoms with Crippen molar-refractivity contribution >= 4 is 11.9 Å². The van der Waals surface area contributed by atoms with E-state index in [1.807, 2.05) is 0 Å². The minimum absolute atomic E-state index is 0.